The molecule has 2 amide bonds. The second kappa shape index (κ2) is 11.8. The van der Waals surface area contributed by atoms with Crippen LogP contribution in [0.2, 0.25) is 0 Å². The van der Waals surface area contributed by atoms with Crippen LogP contribution in [0.4, 0.5) is 10.2 Å². The molecule has 4 aromatic rings. The van der Waals surface area contributed by atoms with Crippen LogP contribution >= 0.6 is 11.8 Å². The zero-order valence-electron chi connectivity index (χ0n) is 22.8. The van der Waals surface area contributed by atoms with Crippen molar-refractivity contribution in [2.45, 2.75) is 24.5 Å². The second-order valence-corrected chi connectivity index (χ2v) is 11.3. The van der Waals surface area contributed by atoms with E-state index >= 15 is 0 Å². The topological polar surface area (TPSA) is 67.7 Å². The Hall–Kier alpha value is -4.11. The van der Waals surface area contributed by atoms with Gasteiger partial charge in [0.2, 0.25) is 11.8 Å². The van der Waals surface area contributed by atoms with Gasteiger partial charge < -0.3 is 9.64 Å². The lowest BCUT2D eigenvalue weighted by atomic mass is 9.99. The van der Waals surface area contributed by atoms with Crippen LogP contribution in [0, 0.1) is 5.82 Å². The van der Waals surface area contributed by atoms with Gasteiger partial charge in [0.05, 0.1) is 29.5 Å². The highest BCUT2D eigenvalue weighted by atomic mass is 32.2. The maximum Gasteiger partial charge on any atom is 0.242 e. The van der Waals surface area contributed by atoms with Gasteiger partial charge in [-0.15, -0.1) is 11.8 Å². The summed E-state index contributed by atoms with van der Waals surface area (Å²) in [6.07, 6.45) is 3.02. The van der Waals surface area contributed by atoms with E-state index < -0.39 is 0 Å². The van der Waals surface area contributed by atoms with Crippen molar-refractivity contribution in [3.05, 3.63) is 95.8 Å². The predicted molar refractivity (Wildman–Crippen MR) is 159 cm³/mol. The minimum Gasteiger partial charge on any atom is -0.496 e. The number of fused-ring (bicyclic) bond motifs is 1. The van der Waals surface area contributed by atoms with E-state index in [0.29, 0.717) is 36.0 Å². The van der Waals surface area contributed by atoms with Crippen molar-refractivity contribution < 1.29 is 18.7 Å². The molecule has 1 saturated heterocycles. The first-order chi connectivity index (χ1) is 20.0. The molecule has 3 heterocycles. The maximum absolute atomic E-state index is 14.0. The van der Waals surface area contributed by atoms with E-state index in [2.05, 4.69) is 0 Å². The number of carbonyl (C=O) groups excluding carboxylic acids is 2. The van der Waals surface area contributed by atoms with Crippen molar-refractivity contribution in [2.24, 2.45) is 0 Å². The van der Waals surface area contributed by atoms with Gasteiger partial charge in [-0.05, 0) is 49.6 Å². The molecule has 0 N–H and O–H groups in total. The number of benzene rings is 3. The smallest absolute Gasteiger partial charge is 0.242 e. The van der Waals surface area contributed by atoms with Gasteiger partial charge in [0.1, 0.15) is 23.9 Å². The molecule has 0 aliphatic carbocycles. The molecule has 0 saturated carbocycles. The molecule has 0 spiro atoms. The normalized spacial score (nSPS) is 17.2. The number of anilines is 1. The fraction of sp³-hybridized carbons (Fsp3) is 0.281. The average Bonchev–Trinajstić information content (AvgIpc) is 3.34. The molecule has 1 fully saturated rings. The highest BCUT2D eigenvalue weighted by molar-refractivity contribution is 8.00. The number of para-hydroxylation sites is 1. The van der Waals surface area contributed by atoms with Crippen LogP contribution in [-0.2, 0) is 9.59 Å². The molecule has 41 heavy (non-hydrogen) atoms. The summed E-state index contributed by atoms with van der Waals surface area (Å²) < 4.78 is 21.4. The molecule has 210 valence electrons. The molecule has 2 aliphatic heterocycles. The van der Waals surface area contributed by atoms with Crippen molar-refractivity contribution in [3.63, 3.8) is 0 Å². The number of rotatable bonds is 6. The van der Waals surface area contributed by atoms with Crippen LogP contribution in [0.25, 0.3) is 16.9 Å². The molecular formula is C32H31FN4O3S. The molecule has 9 heteroatoms. The first-order valence-corrected chi connectivity index (χ1v) is 14.9. The Balaban J connectivity index is 1.60. The minimum atomic E-state index is -0.369. The lowest BCUT2D eigenvalue weighted by molar-refractivity contribution is -0.132. The van der Waals surface area contributed by atoms with Crippen LogP contribution in [0.5, 0.6) is 5.75 Å². The Morgan fingerprint density at radius 2 is 1.68 bits per heavy atom. The zero-order valence-corrected chi connectivity index (χ0v) is 23.6. The first kappa shape index (κ1) is 27.1. The summed E-state index contributed by atoms with van der Waals surface area (Å²) in [7, 11) is 1.63. The molecular weight excluding hydrogens is 539 g/mol. The Labute approximate surface area is 242 Å². The summed E-state index contributed by atoms with van der Waals surface area (Å²) in [6.45, 7) is 1.30. The largest absolute Gasteiger partial charge is 0.496 e. The summed E-state index contributed by atoms with van der Waals surface area (Å²) in [6, 6.07) is 23.6. The number of amides is 2. The van der Waals surface area contributed by atoms with E-state index in [1.165, 1.54) is 23.9 Å². The van der Waals surface area contributed by atoms with E-state index in [9.17, 15) is 14.0 Å². The Morgan fingerprint density at radius 1 is 0.976 bits per heavy atom. The summed E-state index contributed by atoms with van der Waals surface area (Å²) in [5.41, 5.74) is 3.89. The van der Waals surface area contributed by atoms with E-state index in [1.807, 2.05) is 59.5 Å². The number of carbonyl (C=O) groups is 2. The van der Waals surface area contributed by atoms with Crippen molar-refractivity contribution in [3.8, 4) is 22.7 Å². The number of piperidine rings is 1. The quantitative estimate of drug-likeness (QED) is 0.290. The molecule has 2 aliphatic rings. The van der Waals surface area contributed by atoms with Gasteiger partial charge in [-0.3, -0.25) is 14.5 Å². The van der Waals surface area contributed by atoms with Crippen LogP contribution in [-0.4, -0.2) is 59.0 Å². The number of methoxy groups -OCH3 is 1. The highest BCUT2D eigenvalue weighted by Crippen LogP contribution is 2.50. The lowest BCUT2D eigenvalue weighted by Gasteiger charge is -2.30. The molecule has 7 nitrogen and oxygen atoms in total. The molecule has 6 rings (SSSR count). The summed E-state index contributed by atoms with van der Waals surface area (Å²) >= 11 is 1.49. The molecule has 3 aromatic carbocycles. The second-order valence-electron chi connectivity index (χ2n) is 10.2. The summed E-state index contributed by atoms with van der Waals surface area (Å²) in [5.74, 6) is 0.759. The predicted octanol–water partition coefficient (Wildman–Crippen LogP) is 5.87. The molecule has 1 unspecified atom stereocenters. The van der Waals surface area contributed by atoms with Gasteiger partial charge in [-0.1, -0.05) is 48.5 Å². The van der Waals surface area contributed by atoms with Gasteiger partial charge >= 0.3 is 0 Å². The highest BCUT2D eigenvalue weighted by Gasteiger charge is 2.39. The van der Waals surface area contributed by atoms with E-state index in [-0.39, 0.29) is 35.2 Å². The zero-order chi connectivity index (χ0) is 28.3. The molecule has 0 bridgehead atoms. The van der Waals surface area contributed by atoms with Gasteiger partial charge in [-0.25, -0.2) is 9.07 Å². The first-order valence-electron chi connectivity index (χ1n) is 13.8. The Bertz CT molecular complexity index is 1550. The maximum atomic E-state index is 14.0. The summed E-state index contributed by atoms with van der Waals surface area (Å²) in [4.78, 5) is 30.9. The molecule has 0 radical (unpaired) electrons. The van der Waals surface area contributed by atoms with Crippen molar-refractivity contribution >= 4 is 29.4 Å². The summed E-state index contributed by atoms with van der Waals surface area (Å²) in [5, 5.41) is 4.75. The number of ether oxygens (including phenoxy) is 1. The SMILES string of the molecule is COc1ccccc1C1SCC(=O)N(CC(=O)N2CCCCC2)c2c1c(-c1ccccc1)nn2-c1ccc(F)cc1. The van der Waals surface area contributed by atoms with Crippen molar-refractivity contribution in [2.75, 3.05) is 37.4 Å². The number of aromatic nitrogens is 2. The van der Waals surface area contributed by atoms with Crippen LogP contribution in [0.3, 0.4) is 0 Å². The third-order valence-corrected chi connectivity index (χ3v) is 8.87. The number of halogens is 1. The molecule has 1 aromatic heterocycles. The number of likely N-dealkylation sites (tertiary alicyclic amines) is 1. The van der Waals surface area contributed by atoms with Gasteiger partial charge in [0.15, 0.2) is 0 Å². The lowest BCUT2D eigenvalue weighted by Crippen LogP contribution is -2.45. The third kappa shape index (κ3) is 5.34. The average molecular weight is 571 g/mol. The number of hydrogen-bond donors (Lipinski definition) is 0. The van der Waals surface area contributed by atoms with Gasteiger partial charge in [-0.2, -0.15) is 5.10 Å². The fourth-order valence-corrected chi connectivity index (χ4v) is 6.82. The monoisotopic (exact) mass is 570 g/mol. The third-order valence-electron chi connectivity index (χ3n) is 7.63. The Kier molecular flexibility index (Phi) is 7.78. The van der Waals surface area contributed by atoms with Crippen molar-refractivity contribution in [1.82, 2.24) is 14.7 Å². The number of thioether (sulfide) groups is 1. The van der Waals surface area contributed by atoms with Crippen LogP contribution in [0.15, 0.2) is 78.9 Å². The van der Waals surface area contributed by atoms with E-state index in [4.69, 9.17) is 9.84 Å². The standard InChI is InChI=1S/C32H31FN4O3S/c1-40-26-13-7-6-12-25(26)31-29-30(22-10-4-2-5-11-22)34-37(24-16-14-23(33)15-17-24)32(29)36(28(39)21-41-31)20-27(38)35-18-8-3-9-19-35/h2,4-7,10-17,31H,3,8-9,18-21H2,1H3. The van der Waals surface area contributed by atoms with Crippen LogP contribution in [0.1, 0.15) is 35.6 Å². The fourth-order valence-electron chi connectivity index (χ4n) is 5.60. The van der Waals surface area contributed by atoms with Gasteiger partial charge in [0.25, 0.3) is 0 Å². The molecule has 1 atom stereocenters. The van der Waals surface area contributed by atoms with Gasteiger partial charge in [0, 0.05) is 29.8 Å². The number of hydrogen-bond acceptors (Lipinski definition) is 5. The van der Waals surface area contributed by atoms with Crippen molar-refractivity contribution in [1.29, 1.82) is 0 Å². The number of nitrogens with zero attached hydrogens (tertiary/aromatic N) is 4. The Morgan fingerprint density at radius 3 is 2.41 bits per heavy atom. The minimum absolute atomic E-state index is 0.0853. The van der Waals surface area contributed by atoms with E-state index in [0.717, 1.165) is 36.0 Å². The van der Waals surface area contributed by atoms with Crippen LogP contribution < -0.4 is 9.64 Å². The van der Waals surface area contributed by atoms with E-state index in [1.54, 1.807) is 28.8 Å².